The molecule has 0 atom stereocenters. The molecule has 2 aromatic rings. The van der Waals surface area contributed by atoms with Gasteiger partial charge in [0.15, 0.2) is 12.6 Å². The fourth-order valence-electron chi connectivity index (χ4n) is 1.59. The lowest BCUT2D eigenvalue weighted by Crippen LogP contribution is -1.97. The number of hydrogen-bond donors (Lipinski definition) is 0. The van der Waals surface area contributed by atoms with Crippen molar-refractivity contribution in [2.75, 3.05) is 13.9 Å². The zero-order valence-corrected chi connectivity index (χ0v) is 10.2. The minimum Gasteiger partial charge on any atom is -0.464 e. The van der Waals surface area contributed by atoms with Crippen molar-refractivity contribution in [1.29, 1.82) is 0 Å². The monoisotopic (exact) mass is 266 g/mol. The molecular weight excluding hydrogens is 254 g/mol. The van der Waals surface area contributed by atoms with Gasteiger partial charge in [-0.25, -0.2) is 0 Å². The van der Waals surface area contributed by atoms with Gasteiger partial charge in [-0.05, 0) is 12.1 Å². The summed E-state index contributed by atoms with van der Waals surface area (Å²) in [5.74, 6) is 0.198. The second-order valence-electron chi connectivity index (χ2n) is 3.70. The molecule has 0 amide bonds. The van der Waals surface area contributed by atoms with Gasteiger partial charge in [0, 0.05) is 18.2 Å². The van der Waals surface area contributed by atoms with E-state index in [1.807, 2.05) is 0 Å². The molecule has 0 radical (unpaired) electrons. The molecule has 0 spiro atoms. The van der Waals surface area contributed by atoms with Gasteiger partial charge in [-0.1, -0.05) is 24.3 Å². The maximum Gasteiger partial charge on any atom is 0.312 e. The first-order chi connectivity index (χ1) is 9.22. The molecule has 0 fully saturated rings. The van der Waals surface area contributed by atoms with Gasteiger partial charge in [-0.2, -0.15) is 8.78 Å². The van der Waals surface area contributed by atoms with Crippen LogP contribution in [-0.4, -0.2) is 13.9 Å². The predicted octanol–water partition coefficient (Wildman–Crippen LogP) is 4.13. The van der Waals surface area contributed by atoms with Gasteiger partial charge < -0.3 is 13.9 Å². The van der Waals surface area contributed by atoms with Crippen molar-refractivity contribution in [3.8, 4) is 11.3 Å². The number of benzene rings is 1. The molecule has 0 aliphatic rings. The number of furan rings is 1. The van der Waals surface area contributed by atoms with E-state index in [-0.39, 0.29) is 12.4 Å². The van der Waals surface area contributed by atoms with Gasteiger partial charge in [-0.15, -0.1) is 0 Å². The van der Waals surface area contributed by atoms with E-state index in [2.05, 4.69) is 4.74 Å². The Bertz CT molecular complexity index is 541. The van der Waals surface area contributed by atoms with Crippen molar-refractivity contribution in [3.63, 3.8) is 0 Å². The zero-order valence-electron chi connectivity index (χ0n) is 10.2. The third-order valence-corrected chi connectivity index (χ3v) is 2.45. The Labute approximate surface area is 109 Å². The summed E-state index contributed by atoms with van der Waals surface area (Å²) < 4.78 is 40.2. The van der Waals surface area contributed by atoms with E-state index in [1.165, 1.54) is 7.11 Å². The molecule has 0 N–H and O–H groups in total. The molecule has 1 aromatic heterocycles. The Morgan fingerprint density at radius 1 is 1.16 bits per heavy atom. The maximum atomic E-state index is 12.8. The van der Waals surface area contributed by atoms with E-state index in [9.17, 15) is 8.78 Å². The summed E-state index contributed by atoms with van der Waals surface area (Å²) in [6.45, 7) is -0.230. The molecule has 1 aromatic carbocycles. The van der Waals surface area contributed by atoms with E-state index >= 15 is 0 Å². The van der Waals surface area contributed by atoms with Gasteiger partial charge in [0.05, 0.1) is 6.26 Å². The predicted molar refractivity (Wildman–Crippen MR) is 66.2 cm³/mol. The van der Waals surface area contributed by atoms with Crippen molar-refractivity contribution in [3.05, 3.63) is 54.3 Å². The molecule has 1 heterocycles. The van der Waals surface area contributed by atoms with Gasteiger partial charge in [0.1, 0.15) is 5.76 Å². The fourth-order valence-corrected chi connectivity index (χ4v) is 1.59. The largest absolute Gasteiger partial charge is 0.464 e. The summed E-state index contributed by atoms with van der Waals surface area (Å²) in [5, 5.41) is 0. The van der Waals surface area contributed by atoms with Crippen molar-refractivity contribution >= 4 is 5.76 Å². The van der Waals surface area contributed by atoms with E-state index in [4.69, 9.17) is 9.15 Å². The molecule has 100 valence electrons. The number of rotatable bonds is 5. The van der Waals surface area contributed by atoms with E-state index in [1.54, 1.807) is 42.7 Å². The van der Waals surface area contributed by atoms with Crippen LogP contribution in [0.5, 0.6) is 0 Å². The Balaban J connectivity index is 2.24. The van der Waals surface area contributed by atoms with Crippen molar-refractivity contribution in [1.82, 2.24) is 0 Å². The summed E-state index contributed by atoms with van der Waals surface area (Å²) in [5.41, 5.74) is 1.09. The summed E-state index contributed by atoms with van der Waals surface area (Å²) in [7, 11) is 1.37. The van der Waals surface area contributed by atoms with Crippen molar-refractivity contribution in [2.24, 2.45) is 0 Å². The Kier molecular flexibility index (Phi) is 4.30. The van der Waals surface area contributed by atoms with Crippen LogP contribution in [0.1, 0.15) is 5.56 Å². The van der Waals surface area contributed by atoms with Crippen LogP contribution in [0.15, 0.2) is 53.2 Å². The number of methoxy groups -OCH3 is 1. The summed E-state index contributed by atoms with van der Waals surface area (Å²) in [6.07, 6.45) is -0.333. The normalized spacial score (nSPS) is 10.3. The minimum atomic E-state index is -1.89. The molecule has 5 heteroatoms. The fraction of sp³-hybridized carbons (Fsp3) is 0.143. The van der Waals surface area contributed by atoms with Gasteiger partial charge in [0.25, 0.3) is 0 Å². The van der Waals surface area contributed by atoms with Crippen LogP contribution in [0, 0.1) is 0 Å². The first kappa shape index (κ1) is 13.3. The average Bonchev–Trinajstić information content (AvgIpc) is 2.93. The number of ether oxygens (including phenoxy) is 2. The van der Waals surface area contributed by atoms with Crippen LogP contribution >= 0.6 is 0 Å². The van der Waals surface area contributed by atoms with Crippen LogP contribution in [0.3, 0.4) is 0 Å². The molecular formula is C14H12F2O3. The van der Waals surface area contributed by atoms with Crippen molar-refractivity contribution in [2.45, 2.75) is 0 Å². The van der Waals surface area contributed by atoms with E-state index < -0.39 is 11.8 Å². The highest BCUT2D eigenvalue weighted by Crippen LogP contribution is 2.26. The van der Waals surface area contributed by atoms with Crippen LogP contribution in [0.4, 0.5) is 8.78 Å². The highest BCUT2D eigenvalue weighted by Gasteiger charge is 2.11. The Hall–Kier alpha value is -2.14. The van der Waals surface area contributed by atoms with Crippen molar-refractivity contribution < 1.29 is 22.7 Å². The van der Waals surface area contributed by atoms with Gasteiger partial charge in [-0.3, -0.25) is 0 Å². The molecule has 0 saturated heterocycles. The lowest BCUT2D eigenvalue weighted by molar-refractivity contribution is 0.0283. The zero-order chi connectivity index (χ0) is 13.7. The van der Waals surface area contributed by atoms with Crippen LogP contribution in [-0.2, 0) is 9.47 Å². The second-order valence-corrected chi connectivity index (χ2v) is 3.70. The SMILES string of the molecule is COCOC(=C(F)F)c1ccc(-c2ccco2)cc1. The van der Waals surface area contributed by atoms with Crippen LogP contribution < -0.4 is 0 Å². The summed E-state index contributed by atoms with van der Waals surface area (Å²) in [4.78, 5) is 0. The molecule has 0 aliphatic heterocycles. The first-order valence-electron chi connectivity index (χ1n) is 5.53. The van der Waals surface area contributed by atoms with Gasteiger partial charge in [0.2, 0.25) is 0 Å². The minimum absolute atomic E-state index is 0.230. The molecule has 19 heavy (non-hydrogen) atoms. The third kappa shape index (κ3) is 3.20. The van der Waals surface area contributed by atoms with E-state index in [0.717, 1.165) is 5.56 Å². The molecule has 0 unspecified atom stereocenters. The highest BCUT2D eigenvalue weighted by atomic mass is 19.3. The smallest absolute Gasteiger partial charge is 0.312 e. The number of hydrogen-bond acceptors (Lipinski definition) is 3. The molecule has 0 saturated carbocycles. The Morgan fingerprint density at radius 2 is 1.89 bits per heavy atom. The standard InChI is InChI=1S/C14H12F2O3/c1-17-9-19-13(14(15)16)11-6-4-10(5-7-11)12-3-2-8-18-12/h2-8H,9H2,1H3. The first-order valence-corrected chi connectivity index (χ1v) is 5.53. The molecule has 2 rings (SSSR count). The number of halogens is 2. The third-order valence-electron chi connectivity index (χ3n) is 2.45. The lowest BCUT2D eigenvalue weighted by atomic mass is 10.1. The summed E-state index contributed by atoms with van der Waals surface area (Å²) >= 11 is 0. The molecule has 3 nitrogen and oxygen atoms in total. The summed E-state index contributed by atoms with van der Waals surface area (Å²) in [6, 6.07) is 10.0. The van der Waals surface area contributed by atoms with Gasteiger partial charge >= 0.3 is 6.08 Å². The molecule has 0 aliphatic carbocycles. The molecule has 0 bridgehead atoms. The average molecular weight is 266 g/mol. The highest BCUT2D eigenvalue weighted by molar-refractivity contribution is 5.65. The maximum absolute atomic E-state index is 12.8. The second kappa shape index (κ2) is 6.15. The van der Waals surface area contributed by atoms with Crippen LogP contribution in [0.2, 0.25) is 0 Å². The quantitative estimate of drug-likeness (QED) is 0.602. The topological polar surface area (TPSA) is 31.6 Å². The van der Waals surface area contributed by atoms with E-state index in [0.29, 0.717) is 5.76 Å². The lowest BCUT2D eigenvalue weighted by Gasteiger charge is -2.08. The Morgan fingerprint density at radius 3 is 2.42 bits per heavy atom. The van der Waals surface area contributed by atoms with Crippen LogP contribution in [0.25, 0.3) is 17.1 Å².